The van der Waals surface area contributed by atoms with Crippen molar-refractivity contribution in [1.82, 2.24) is 4.90 Å². The molecule has 1 aliphatic heterocycles. The molecule has 0 aliphatic carbocycles. The third kappa shape index (κ3) is 2.75. The topological polar surface area (TPSA) is 82.2 Å². The Hall–Kier alpha value is -2.04. The number of hydrogen-bond acceptors (Lipinski definition) is 2. The third-order valence-electron chi connectivity index (χ3n) is 2.82. The number of urea groups is 1. The van der Waals surface area contributed by atoms with E-state index in [1.165, 1.54) is 0 Å². The number of amidine groups is 1. The summed E-state index contributed by atoms with van der Waals surface area (Å²) in [6.45, 7) is 1.64. The second kappa shape index (κ2) is 4.86. The zero-order valence-corrected chi connectivity index (χ0v) is 9.57. The van der Waals surface area contributed by atoms with Gasteiger partial charge in [-0.3, -0.25) is 5.41 Å². The van der Waals surface area contributed by atoms with Gasteiger partial charge in [-0.05, 0) is 25.0 Å². The van der Waals surface area contributed by atoms with E-state index in [-0.39, 0.29) is 11.9 Å². The van der Waals surface area contributed by atoms with E-state index in [0.717, 1.165) is 25.9 Å². The van der Waals surface area contributed by atoms with Crippen LogP contribution in [0.15, 0.2) is 24.3 Å². The molecular weight excluding hydrogens is 216 g/mol. The number of hydrogen-bond donors (Lipinski definition) is 3. The Morgan fingerprint density at radius 2 is 2.06 bits per heavy atom. The number of carbonyl (C=O) groups excluding carboxylic acids is 1. The summed E-state index contributed by atoms with van der Waals surface area (Å²) in [7, 11) is 0. The fraction of sp³-hybridized carbons (Fsp3) is 0.333. The lowest BCUT2D eigenvalue weighted by Gasteiger charge is -2.16. The highest BCUT2D eigenvalue weighted by Gasteiger charge is 2.17. The van der Waals surface area contributed by atoms with Crippen molar-refractivity contribution in [3.05, 3.63) is 29.8 Å². The molecule has 0 unspecified atom stereocenters. The molecule has 0 aromatic heterocycles. The molecule has 1 heterocycles. The number of nitrogens with one attached hydrogen (secondary N) is 2. The number of rotatable bonds is 2. The van der Waals surface area contributed by atoms with Gasteiger partial charge in [0.05, 0.1) is 0 Å². The van der Waals surface area contributed by atoms with Crippen LogP contribution in [-0.4, -0.2) is 29.9 Å². The molecule has 1 fully saturated rings. The number of amides is 2. The first-order valence-electron chi connectivity index (χ1n) is 5.67. The van der Waals surface area contributed by atoms with Gasteiger partial charge in [0.1, 0.15) is 5.84 Å². The van der Waals surface area contributed by atoms with Crippen molar-refractivity contribution >= 4 is 17.6 Å². The van der Waals surface area contributed by atoms with Crippen molar-refractivity contribution in [2.45, 2.75) is 12.8 Å². The van der Waals surface area contributed by atoms with Crippen LogP contribution in [0.5, 0.6) is 0 Å². The Labute approximate surface area is 100 Å². The molecule has 0 spiro atoms. The minimum atomic E-state index is -0.0804. The first-order valence-corrected chi connectivity index (χ1v) is 5.67. The quantitative estimate of drug-likeness (QED) is 0.534. The molecule has 5 nitrogen and oxygen atoms in total. The Balaban J connectivity index is 2.05. The Bertz CT molecular complexity index is 438. The van der Waals surface area contributed by atoms with Gasteiger partial charge >= 0.3 is 6.03 Å². The van der Waals surface area contributed by atoms with Gasteiger partial charge in [0.25, 0.3) is 0 Å². The fourth-order valence-electron chi connectivity index (χ4n) is 1.89. The van der Waals surface area contributed by atoms with Crippen LogP contribution >= 0.6 is 0 Å². The van der Waals surface area contributed by atoms with Crippen LogP contribution in [0.1, 0.15) is 18.4 Å². The molecule has 0 atom stereocenters. The van der Waals surface area contributed by atoms with Gasteiger partial charge in [0.15, 0.2) is 0 Å². The molecule has 1 saturated heterocycles. The Morgan fingerprint density at radius 3 is 2.71 bits per heavy atom. The van der Waals surface area contributed by atoms with Gasteiger partial charge in [0.2, 0.25) is 0 Å². The molecule has 1 aromatic carbocycles. The largest absolute Gasteiger partial charge is 0.384 e. The SMILES string of the molecule is N=C(N)c1cccc(NC(=O)N2CCCC2)c1. The number of nitrogen functional groups attached to an aromatic ring is 1. The second-order valence-corrected chi connectivity index (χ2v) is 4.12. The molecule has 1 aliphatic rings. The van der Waals surface area contributed by atoms with Crippen molar-refractivity contribution in [2.75, 3.05) is 18.4 Å². The normalized spacial score (nSPS) is 14.7. The van der Waals surface area contributed by atoms with E-state index in [4.69, 9.17) is 11.1 Å². The molecule has 17 heavy (non-hydrogen) atoms. The molecule has 90 valence electrons. The van der Waals surface area contributed by atoms with Crippen LogP contribution in [0.25, 0.3) is 0 Å². The number of nitrogens with zero attached hydrogens (tertiary/aromatic N) is 1. The lowest BCUT2D eigenvalue weighted by Crippen LogP contribution is -2.32. The van der Waals surface area contributed by atoms with Crippen LogP contribution in [-0.2, 0) is 0 Å². The number of anilines is 1. The molecule has 0 bridgehead atoms. The van der Waals surface area contributed by atoms with Gasteiger partial charge in [0, 0.05) is 24.3 Å². The van der Waals surface area contributed by atoms with Gasteiger partial charge in [-0.2, -0.15) is 0 Å². The predicted octanol–water partition coefficient (Wildman–Crippen LogP) is 1.60. The van der Waals surface area contributed by atoms with Crippen LogP contribution < -0.4 is 11.1 Å². The van der Waals surface area contributed by atoms with Crippen LogP contribution in [0.4, 0.5) is 10.5 Å². The first-order chi connectivity index (χ1) is 8.16. The molecule has 0 radical (unpaired) electrons. The fourth-order valence-corrected chi connectivity index (χ4v) is 1.89. The summed E-state index contributed by atoms with van der Waals surface area (Å²) in [6.07, 6.45) is 2.14. The average molecular weight is 232 g/mol. The molecule has 1 aromatic rings. The second-order valence-electron chi connectivity index (χ2n) is 4.12. The summed E-state index contributed by atoms with van der Waals surface area (Å²) in [4.78, 5) is 13.6. The number of benzene rings is 1. The maximum absolute atomic E-state index is 11.8. The highest BCUT2D eigenvalue weighted by atomic mass is 16.2. The minimum absolute atomic E-state index is 0.00210. The van der Waals surface area contributed by atoms with Crippen LogP contribution in [0.3, 0.4) is 0 Å². The standard InChI is InChI=1S/C12H16N4O/c13-11(14)9-4-3-5-10(8-9)15-12(17)16-6-1-2-7-16/h3-5,8H,1-2,6-7H2,(H3,13,14)(H,15,17). The third-order valence-corrected chi connectivity index (χ3v) is 2.82. The summed E-state index contributed by atoms with van der Waals surface area (Å²) < 4.78 is 0. The summed E-state index contributed by atoms with van der Waals surface area (Å²) in [5.74, 6) is 0.00210. The maximum Gasteiger partial charge on any atom is 0.321 e. The van der Waals surface area contributed by atoms with Crippen molar-refractivity contribution in [3.8, 4) is 0 Å². The maximum atomic E-state index is 11.8. The lowest BCUT2D eigenvalue weighted by atomic mass is 10.2. The van der Waals surface area contributed by atoms with Gasteiger partial charge < -0.3 is 16.0 Å². The summed E-state index contributed by atoms with van der Waals surface area (Å²) >= 11 is 0. The average Bonchev–Trinajstić information content (AvgIpc) is 2.82. The van der Waals surface area contributed by atoms with Gasteiger partial charge in [-0.25, -0.2) is 4.79 Å². The predicted molar refractivity (Wildman–Crippen MR) is 67.3 cm³/mol. The van der Waals surface area contributed by atoms with E-state index in [1.54, 1.807) is 29.2 Å². The lowest BCUT2D eigenvalue weighted by molar-refractivity contribution is 0.222. The van der Waals surface area contributed by atoms with E-state index in [0.29, 0.717) is 11.3 Å². The Kier molecular flexibility index (Phi) is 3.27. The molecule has 4 N–H and O–H groups in total. The zero-order valence-electron chi connectivity index (χ0n) is 9.57. The van der Waals surface area contributed by atoms with E-state index in [2.05, 4.69) is 5.32 Å². The molecule has 0 saturated carbocycles. The zero-order chi connectivity index (χ0) is 12.3. The van der Waals surface area contributed by atoms with E-state index in [1.807, 2.05) is 0 Å². The summed E-state index contributed by atoms with van der Waals surface area (Å²) in [5.41, 5.74) is 6.69. The van der Waals surface area contributed by atoms with E-state index >= 15 is 0 Å². The highest BCUT2D eigenvalue weighted by Crippen LogP contribution is 2.13. The minimum Gasteiger partial charge on any atom is -0.384 e. The van der Waals surface area contributed by atoms with Crippen molar-refractivity contribution < 1.29 is 4.79 Å². The monoisotopic (exact) mass is 232 g/mol. The highest BCUT2D eigenvalue weighted by molar-refractivity contribution is 5.97. The summed E-state index contributed by atoms with van der Waals surface area (Å²) in [5, 5.41) is 10.1. The van der Waals surface area contributed by atoms with Crippen molar-refractivity contribution in [3.63, 3.8) is 0 Å². The molecule has 5 heteroatoms. The molecule has 2 rings (SSSR count). The van der Waals surface area contributed by atoms with Crippen LogP contribution in [0, 0.1) is 5.41 Å². The van der Waals surface area contributed by atoms with Crippen LogP contribution in [0.2, 0.25) is 0 Å². The van der Waals surface area contributed by atoms with E-state index < -0.39 is 0 Å². The van der Waals surface area contributed by atoms with Crippen molar-refractivity contribution in [2.24, 2.45) is 5.73 Å². The summed E-state index contributed by atoms with van der Waals surface area (Å²) in [6, 6.07) is 6.93. The molecule has 2 amide bonds. The smallest absolute Gasteiger partial charge is 0.321 e. The number of nitrogens with two attached hydrogens (primary N) is 1. The number of likely N-dealkylation sites (tertiary alicyclic amines) is 1. The van der Waals surface area contributed by atoms with Crippen molar-refractivity contribution in [1.29, 1.82) is 5.41 Å². The van der Waals surface area contributed by atoms with E-state index in [9.17, 15) is 4.79 Å². The number of carbonyl (C=O) groups is 1. The van der Waals surface area contributed by atoms with Gasteiger partial charge in [-0.15, -0.1) is 0 Å². The Morgan fingerprint density at radius 1 is 1.35 bits per heavy atom. The first kappa shape index (κ1) is 11.4. The molecular formula is C12H16N4O. The van der Waals surface area contributed by atoms with Gasteiger partial charge in [-0.1, -0.05) is 12.1 Å².